The summed E-state index contributed by atoms with van der Waals surface area (Å²) in [5.41, 5.74) is 3.11. The topological polar surface area (TPSA) is 72.2 Å². The Morgan fingerprint density at radius 3 is 3.10 bits per heavy atom. The van der Waals surface area contributed by atoms with E-state index in [1.54, 1.807) is 10.8 Å². The van der Waals surface area contributed by atoms with Crippen LogP contribution < -0.4 is 5.32 Å². The van der Waals surface area contributed by atoms with Crippen molar-refractivity contribution in [2.24, 2.45) is 0 Å². The van der Waals surface area contributed by atoms with E-state index in [-0.39, 0.29) is 5.91 Å². The van der Waals surface area contributed by atoms with Crippen LogP contribution in [0.4, 0.5) is 5.69 Å². The molecule has 0 spiro atoms. The molecule has 1 N–H and O–H groups in total. The molecule has 21 heavy (non-hydrogen) atoms. The minimum Gasteiger partial charge on any atom is -0.325 e. The first-order chi connectivity index (χ1) is 10.1. The highest BCUT2D eigenvalue weighted by Crippen LogP contribution is 2.24. The number of amides is 1. The van der Waals surface area contributed by atoms with Gasteiger partial charge in [-0.15, -0.1) is 15.3 Å². The Labute approximate surface area is 129 Å². The van der Waals surface area contributed by atoms with Gasteiger partial charge in [0.2, 0.25) is 10.9 Å². The maximum atomic E-state index is 12.0. The maximum absolute atomic E-state index is 12.0. The number of anilines is 1. The Hall–Kier alpha value is -1.93. The Bertz CT molecular complexity index is 766. The minimum atomic E-state index is -0.0420. The third kappa shape index (κ3) is 3.06. The highest BCUT2D eigenvalue weighted by atomic mass is 32.2. The zero-order valence-electron chi connectivity index (χ0n) is 11.5. The predicted molar refractivity (Wildman–Crippen MR) is 83.9 cm³/mol. The first kappa shape index (κ1) is 14.0. The first-order valence-electron chi connectivity index (χ1n) is 6.29. The number of carbonyl (C=O) groups excluding carboxylic acids is 1. The van der Waals surface area contributed by atoms with Crippen molar-refractivity contribution >= 4 is 39.7 Å². The summed E-state index contributed by atoms with van der Waals surface area (Å²) in [6.45, 7) is 4.03. The predicted octanol–water partition coefficient (Wildman–Crippen LogP) is 2.53. The van der Waals surface area contributed by atoms with Crippen LogP contribution in [-0.4, -0.2) is 31.5 Å². The molecule has 2 heterocycles. The second-order valence-electron chi connectivity index (χ2n) is 4.51. The summed E-state index contributed by atoms with van der Waals surface area (Å²) >= 11 is 2.81. The SMILES string of the molecule is Cc1cccc(NC(=O)CSc2nn3cnnc3s2)c1C. The van der Waals surface area contributed by atoms with Crippen LogP contribution in [0, 0.1) is 13.8 Å². The lowest BCUT2D eigenvalue weighted by atomic mass is 10.1. The number of benzene rings is 1. The van der Waals surface area contributed by atoms with E-state index in [0.717, 1.165) is 26.1 Å². The van der Waals surface area contributed by atoms with Crippen LogP contribution in [0.1, 0.15) is 11.1 Å². The molecule has 8 heteroatoms. The standard InChI is InChI=1S/C13H13N5OS2/c1-8-4-3-5-10(9(8)2)15-11(19)6-20-13-17-18-7-14-16-12(18)21-13/h3-5,7H,6H2,1-2H3,(H,15,19). The van der Waals surface area contributed by atoms with E-state index >= 15 is 0 Å². The minimum absolute atomic E-state index is 0.0420. The lowest BCUT2D eigenvalue weighted by Gasteiger charge is -2.09. The third-order valence-electron chi connectivity index (χ3n) is 3.07. The fourth-order valence-electron chi connectivity index (χ4n) is 1.80. The van der Waals surface area contributed by atoms with E-state index < -0.39 is 0 Å². The molecular formula is C13H13N5OS2. The molecule has 3 aromatic rings. The van der Waals surface area contributed by atoms with Gasteiger partial charge in [-0.05, 0) is 31.0 Å². The Balaban J connectivity index is 1.61. The van der Waals surface area contributed by atoms with Gasteiger partial charge in [0.1, 0.15) is 6.33 Å². The molecule has 0 aliphatic rings. The highest BCUT2D eigenvalue weighted by Gasteiger charge is 2.10. The molecule has 0 saturated carbocycles. The molecule has 0 unspecified atom stereocenters. The lowest BCUT2D eigenvalue weighted by molar-refractivity contribution is -0.113. The number of nitrogens with one attached hydrogen (secondary N) is 1. The molecular weight excluding hydrogens is 306 g/mol. The van der Waals surface area contributed by atoms with E-state index in [1.165, 1.54) is 23.1 Å². The van der Waals surface area contributed by atoms with Crippen molar-refractivity contribution in [3.05, 3.63) is 35.7 Å². The first-order valence-corrected chi connectivity index (χ1v) is 8.09. The van der Waals surface area contributed by atoms with Crippen LogP contribution in [0.15, 0.2) is 28.9 Å². The van der Waals surface area contributed by atoms with Gasteiger partial charge in [-0.2, -0.15) is 4.52 Å². The number of hydrogen-bond acceptors (Lipinski definition) is 6. The smallest absolute Gasteiger partial charge is 0.235 e. The number of rotatable bonds is 4. The number of thioether (sulfide) groups is 1. The summed E-state index contributed by atoms with van der Waals surface area (Å²) < 4.78 is 2.41. The Morgan fingerprint density at radius 2 is 2.29 bits per heavy atom. The van der Waals surface area contributed by atoms with E-state index in [4.69, 9.17) is 0 Å². The normalized spacial score (nSPS) is 11.0. The molecule has 1 amide bonds. The quantitative estimate of drug-likeness (QED) is 0.748. The van der Waals surface area contributed by atoms with E-state index in [2.05, 4.69) is 20.6 Å². The monoisotopic (exact) mass is 319 g/mol. The molecule has 3 rings (SSSR count). The van der Waals surface area contributed by atoms with E-state index in [1.807, 2.05) is 32.0 Å². The van der Waals surface area contributed by atoms with Crippen molar-refractivity contribution in [2.75, 3.05) is 11.1 Å². The molecule has 0 radical (unpaired) electrons. The zero-order chi connectivity index (χ0) is 14.8. The van der Waals surface area contributed by atoms with Gasteiger partial charge in [-0.3, -0.25) is 4.79 Å². The number of fused-ring (bicyclic) bond motifs is 1. The van der Waals surface area contributed by atoms with Gasteiger partial charge in [0.05, 0.1) is 5.75 Å². The second-order valence-corrected chi connectivity index (χ2v) is 6.69. The number of aromatic nitrogens is 4. The molecule has 0 saturated heterocycles. The number of nitrogens with zero attached hydrogens (tertiary/aromatic N) is 4. The van der Waals surface area contributed by atoms with Gasteiger partial charge in [-0.25, -0.2) is 0 Å². The number of hydrogen-bond donors (Lipinski definition) is 1. The van der Waals surface area contributed by atoms with Gasteiger partial charge in [0.25, 0.3) is 0 Å². The van der Waals surface area contributed by atoms with Crippen LogP contribution in [0.3, 0.4) is 0 Å². The average molecular weight is 319 g/mol. The Morgan fingerprint density at radius 1 is 1.43 bits per heavy atom. The second kappa shape index (κ2) is 5.82. The molecule has 0 aliphatic carbocycles. The van der Waals surface area contributed by atoms with Gasteiger partial charge in [0, 0.05) is 5.69 Å². The van der Waals surface area contributed by atoms with Gasteiger partial charge >= 0.3 is 0 Å². The average Bonchev–Trinajstić information content (AvgIpc) is 3.02. The third-order valence-corrected chi connectivity index (χ3v) is 5.12. The zero-order valence-corrected chi connectivity index (χ0v) is 13.2. The summed E-state index contributed by atoms with van der Waals surface area (Å²) in [4.78, 5) is 12.7. The summed E-state index contributed by atoms with van der Waals surface area (Å²) in [5.74, 6) is 0.275. The number of carbonyl (C=O) groups is 1. The fraction of sp³-hybridized carbons (Fsp3) is 0.231. The van der Waals surface area contributed by atoms with Gasteiger partial charge in [-0.1, -0.05) is 35.2 Å². The molecule has 2 aromatic heterocycles. The molecule has 1 aromatic carbocycles. The fourth-order valence-corrected chi connectivity index (χ4v) is 3.46. The van der Waals surface area contributed by atoms with Crippen LogP contribution in [0.5, 0.6) is 0 Å². The van der Waals surface area contributed by atoms with Crippen molar-refractivity contribution in [1.82, 2.24) is 19.8 Å². The van der Waals surface area contributed by atoms with Crippen LogP contribution in [0.25, 0.3) is 4.96 Å². The van der Waals surface area contributed by atoms with Gasteiger partial charge < -0.3 is 5.32 Å². The molecule has 0 bridgehead atoms. The van der Waals surface area contributed by atoms with Crippen LogP contribution >= 0.6 is 23.1 Å². The molecule has 0 fully saturated rings. The summed E-state index contributed by atoms with van der Waals surface area (Å²) in [5, 5.41) is 14.9. The van der Waals surface area contributed by atoms with Crippen LogP contribution in [0.2, 0.25) is 0 Å². The van der Waals surface area contributed by atoms with E-state index in [9.17, 15) is 4.79 Å². The largest absolute Gasteiger partial charge is 0.325 e. The van der Waals surface area contributed by atoms with Crippen molar-refractivity contribution in [3.63, 3.8) is 0 Å². The van der Waals surface area contributed by atoms with E-state index in [0.29, 0.717) is 5.75 Å². The number of aryl methyl sites for hydroxylation is 1. The summed E-state index contributed by atoms with van der Waals surface area (Å²) in [7, 11) is 0. The lowest BCUT2D eigenvalue weighted by Crippen LogP contribution is -2.15. The summed E-state index contributed by atoms with van der Waals surface area (Å²) in [6.07, 6.45) is 1.55. The van der Waals surface area contributed by atoms with Crippen molar-refractivity contribution in [3.8, 4) is 0 Å². The highest BCUT2D eigenvalue weighted by molar-refractivity contribution is 8.01. The molecule has 108 valence electrons. The Kier molecular flexibility index (Phi) is 3.89. The summed E-state index contributed by atoms with van der Waals surface area (Å²) in [6, 6.07) is 5.88. The van der Waals surface area contributed by atoms with Gasteiger partial charge in [0.15, 0.2) is 4.34 Å². The van der Waals surface area contributed by atoms with Crippen molar-refractivity contribution in [1.29, 1.82) is 0 Å². The van der Waals surface area contributed by atoms with Crippen LogP contribution in [-0.2, 0) is 4.79 Å². The molecule has 0 aliphatic heterocycles. The van der Waals surface area contributed by atoms with Crippen molar-refractivity contribution in [2.45, 2.75) is 18.2 Å². The molecule has 6 nitrogen and oxygen atoms in total. The maximum Gasteiger partial charge on any atom is 0.235 e. The van der Waals surface area contributed by atoms with Crippen molar-refractivity contribution < 1.29 is 4.79 Å². The molecule has 0 atom stereocenters.